The number of benzene rings is 3. The fraction of sp³-hybridized carbons (Fsp3) is 0.0435. The highest BCUT2D eigenvalue weighted by molar-refractivity contribution is 6.34. The first-order valence-corrected chi connectivity index (χ1v) is 9.23. The van der Waals surface area contributed by atoms with Gasteiger partial charge < -0.3 is 15.5 Å². The van der Waals surface area contributed by atoms with E-state index in [2.05, 4.69) is 5.32 Å². The van der Waals surface area contributed by atoms with Crippen LogP contribution in [0.2, 0.25) is 0 Å². The molecule has 0 saturated carbocycles. The molecule has 154 valence electrons. The van der Waals surface area contributed by atoms with Crippen LogP contribution in [0.3, 0.4) is 0 Å². The number of fused-ring (bicyclic) bond motifs is 1. The summed E-state index contributed by atoms with van der Waals surface area (Å²) in [6.07, 6.45) is 0. The van der Waals surface area contributed by atoms with Gasteiger partial charge in [-0.15, -0.1) is 0 Å². The summed E-state index contributed by atoms with van der Waals surface area (Å²) in [6.45, 7) is 1.85. The average molecular weight is 416 g/mol. The predicted molar refractivity (Wildman–Crippen MR) is 112 cm³/mol. The molecule has 0 saturated heterocycles. The maximum absolute atomic E-state index is 12.9. The molecule has 3 N–H and O–H groups in total. The Morgan fingerprint density at radius 2 is 1.65 bits per heavy atom. The van der Waals surface area contributed by atoms with E-state index in [9.17, 15) is 24.3 Å². The van der Waals surface area contributed by atoms with Crippen LogP contribution in [0.15, 0.2) is 60.7 Å². The lowest BCUT2D eigenvalue weighted by molar-refractivity contribution is 0.0692. The van der Waals surface area contributed by atoms with E-state index >= 15 is 0 Å². The van der Waals surface area contributed by atoms with Crippen LogP contribution in [0.1, 0.15) is 47.0 Å². The predicted octanol–water partition coefficient (Wildman–Crippen LogP) is 3.45. The normalized spacial score (nSPS) is 12.6. The van der Waals surface area contributed by atoms with Crippen LogP contribution < -0.4 is 10.2 Å². The Balaban J connectivity index is 1.62. The number of hydrogen-bond donors (Lipinski definition) is 3. The molecule has 0 aromatic heterocycles. The number of aryl methyl sites for hydroxylation is 1. The van der Waals surface area contributed by atoms with Crippen LogP contribution in [0, 0.1) is 6.92 Å². The minimum Gasteiger partial charge on any atom is -0.507 e. The van der Waals surface area contributed by atoms with E-state index in [1.165, 1.54) is 24.3 Å². The fourth-order valence-electron chi connectivity index (χ4n) is 3.37. The summed E-state index contributed by atoms with van der Waals surface area (Å²) >= 11 is 0. The number of amides is 3. The Kier molecular flexibility index (Phi) is 4.75. The monoisotopic (exact) mass is 416 g/mol. The molecule has 1 aliphatic rings. The third-order valence-electron chi connectivity index (χ3n) is 4.89. The summed E-state index contributed by atoms with van der Waals surface area (Å²) in [4.78, 5) is 50.5. The van der Waals surface area contributed by atoms with Crippen LogP contribution in [-0.4, -0.2) is 33.9 Å². The minimum absolute atomic E-state index is 0.107. The molecule has 31 heavy (non-hydrogen) atoms. The van der Waals surface area contributed by atoms with E-state index in [1.54, 1.807) is 18.2 Å². The second-order valence-corrected chi connectivity index (χ2v) is 7.04. The summed E-state index contributed by atoms with van der Waals surface area (Å²) in [6, 6.07) is 14.8. The minimum atomic E-state index is -1.34. The van der Waals surface area contributed by atoms with E-state index < -0.39 is 29.4 Å². The van der Waals surface area contributed by atoms with Crippen LogP contribution in [0.25, 0.3) is 0 Å². The van der Waals surface area contributed by atoms with Crippen molar-refractivity contribution >= 4 is 35.1 Å². The highest BCUT2D eigenvalue weighted by atomic mass is 16.4. The van der Waals surface area contributed by atoms with Gasteiger partial charge in [0.15, 0.2) is 0 Å². The standard InChI is InChI=1S/C23H16N2O6/c1-12-3-2-4-15(9-12)25-21(28)16-7-5-13(10-17(16)22(25)29)20(27)24-14-6-8-19(26)18(11-14)23(30)31/h2-11,26H,1H3,(H,24,27)(H,30,31). The van der Waals surface area contributed by atoms with Gasteiger partial charge in [0.2, 0.25) is 0 Å². The van der Waals surface area contributed by atoms with Crippen LogP contribution in [0.4, 0.5) is 11.4 Å². The molecule has 0 radical (unpaired) electrons. The Bertz CT molecular complexity index is 1280. The number of hydrogen-bond acceptors (Lipinski definition) is 5. The van der Waals surface area contributed by atoms with E-state index in [4.69, 9.17) is 5.11 Å². The number of nitrogens with one attached hydrogen (secondary N) is 1. The van der Waals surface area contributed by atoms with Crippen molar-refractivity contribution < 1.29 is 29.4 Å². The zero-order valence-corrected chi connectivity index (χ0v) is 16.2. The maximum atomic E-state index is 12.9. The molecule has 3 amide bonds. The first kappa shape index (κ1) is 19.8. The molecule has 0 bridgehead atoms. The number of aromatic carboxylic acids is 1. The van der Waals surface area contributed by atoms with Gasteiger partial charge in [0.05, 0.1) is 16.8 Å². The van der Waals surface area contributed by atoms with E-state index in [1.807, 2.05) is 13.0 Å². The van der Waals surface area contributed by atoms with Crippen molar-refractivity contribution in [1.82, 2.24) is 0 Å². The number of carbonyl (C=O) groups is 4. The zero-order chi connectivity index (χ0) is 22.3. The van der Waals surface area contributed by atoms with Gasteiger partial charge in [-0.05, 0) is 61.0 Å². The van der Waals surface area contributed by atoms with Crippen molar-refractivity contribution in [2.24, 2.45) is 0 Å². The van der Waals surface area contributed by atoms with Gasteiger partial charge in [-0.25, -0.2) is 9.69 Å². The third kappa shape index (κ3) is 3.51. The topological polar surface area (TPSA) is 124 Å². The maximum Gasteiger partial charge on any atom is 0.339 e. The lowest BCUT2D eigenvalue weighted by atomic mass is 10.1. The van der Waals surface area contributed by atoms with Crippen molar-refractivity contribution in [3.63, 3.8) is 0 Å². The Hall–Kier alpha value is -4.46. The van der Waals surface area contributed by atoms with Crippen molar-refractivity contribution in [2.45, 2.75) is 6.92 Å². The highest BCUT2D eigenvalue weighted by Gasteiger charge is 2.37. The number of carboxylic acids is 1. The second-order valence-electron chi connectivity index (χ2n) is 7.04. The van der Waals surface area contributed by atoms with Gasteiger partial charge >= 0.3 is 5.97 Å². The van der Waals surface area contributed by atoms with Gasteiger partial charge in [0.25, 0.3) is 17.7 Å². The van der Waals surface area contributed by atoms with Gasteiger partial charge in [0.1, 0.15) is 11.3 Å². The fourth-order valence-corrected chi connectivity index (χ4v) is 3.37. The average Bonchev–Trinajstić information content (AvgIpc) is 2.99. The molecule has 0 atom stereocenters. The zero-order valence-electron chi connectivity index (χ0n) is 16.2. The van der Waals surface area contributed by atoms with Gasteiger partial charge in [-0.3, -0.25) is 14.4 Å². The molecule has 4 rings (SSSR count). The van der Waals surface area contributed by atoms with E-state index in [-0.39, 0.29) is 27.9 Å². The third-order valence-corrected chi connectivity index (χ3v) is 4.89. The van der Waals surface area contributed by atoms with Gasteiger partial charge in [-0.1, -0.05) is 12.1 Å². The summed E-state index contributed by atoms with van der Waals surface area (Å²) in [5.41, 5.74) is 1.56. The quantitative estimate of drug-likeness (QED) is 0.442. The molecule has 8 nitrogen and oxygen atoms in total. The van der Waals surface area contributed by atoms with Gasteiger partial charge in [-0.2, -0.15) is 0 Å². The summed E-state index contributed by atoms with van der Waals surface area (Å²) in [5, 5.41) is 21.2. The summed E-state index contributed by atoms with van der Waals surface area (Å²) in [7, 11) is 0. The molecule has 0 spiro atoms. The molecule has 8 heteroatoms. The van der Waals surface area contributed by atoms with E-state index in [0.717, 1.165) is 22.6 Å². The van der Waals surface area contributed by atoms with Crippen LogP contribution >= 0.6 is 0 Å². The first-order chi connectivity index (χ1) is 14.8. The first-order valence-electron chi connectivity index (χ1n) is 9.23. The van der Waals surface area contributed by atoms with E-state index in [0.29, 0.717) is 5.69 Å². The van der Waals surface area contributed by atoms with Crippen molar-refractivity contribution in [2.75, 3.05) is 10.2 Å². The number of phenols is 1. The molecular formula is C23H16N2O6. The smallest absolute Gasteiger partial charge is 0.339 e. The Morgan fingerprint density at radius 1 is 0.903 bits per heavy atom. The number of carbonyl (C=O) groups excluding carboxylic acids is 3. The molecule has 3 aromatic rings. The van der Waals surface area contributed by atoms with Crippen molar-refractivity contribution in [3.05, 3.63) is 88.5 Å². The lowest BCUT2D eigenvalue weighted by Crippen LogP contribution is -2.29. The molecule has 0 fully saturated rings. The largest absolute Gasteiger partial charge is 0.507 e. The number of nitrogens with zero attached hydrogens (tertiary/aromatic N) is 1. The number of imide groups is 1. The Labute approximate surface area is 176 Å². The second kappa shape index (κ2) is 7.42. The molecular weight excluding hydrogens is 400 g/mol. The molecule has 1 aliphatic heterocycles. The lowest BCUT2D eigenvalue weighted by Gasteiger charge is -2.14. The number of rotatable bonds is 4. The molecule has 1 heterocycles. The van der Waals surface area contributed by atoms with Gasteiger partial charge in [0, 0.05) is 11.3 Å². The number of anilines is 2. The highest BCUT2D eigenvalue weighted by Crippen LogP contribution is 2.30. The van der Waals surface area contributed by atoms with Crippen LogP contribution in [-0.2, 0) is 0 Å². The summed E-state index contributed by atoms with van der Waals surface area (Å²) < 4.78 is 0. The van der Waals surface area contributed by atoms with Crippen molar-refractivity contribution in [1.29, 1.82) is 0 Å². The number of carboxylic acid groups (broad SMARTS) is 1. The Morgan fingerprint density at radius 3 is 2.35 bits per heavy atom. The summed E-state index contributed by atoms with van der Waals surface area (Å²) in [5.74, 6) is -3.37. The van der Waals surface area contributed by atoms with Crippen LogP contribution in [0.5, 0.6) is 5.75 Å². The SMILES string of the molecule is Cc1cccc(N2C(=O)c3ccc(C(=O)Nc4ccc(O)c(C(=O)O)c4)cc3C2=O)c1. The number of aromatic hydroxyl groups is 1. The molecule has 3 aromatic carbocycles. The van der Waals surface area contributed by atoms with Crippen molar-refractivity contribution in [3.8, 4) is 5.75 Å². The molecule has 0 aliphatic carbocycles. The molecule has 0 unspecified atom stereocenters.